The van der Waals surface area contributed by atoms with Crippen molar-refractivity contribution in [1.82, 2.24) is 15.3 Å². The van der Waals surface area contributed by atoms with Crippen LogP contribution in [-0.2, 0) is 5.41 Å². The monoisotopic (exact) mass is 319 g/mol. The molecule has 1 aliphatic rings. The Labute approximate surface area is 122 Å². The van der Waals surface area contributed by atoms with Crippen molar-refractivity contribution >= 4 is 15.9 Å². The summed E-state index contributed by atoms with van der Waals surface area (Å²) < 4.78 is 1.10. The van der Waals surface area contributed by atoms with E-state index < -0.39 is 0 Å². The molecule has 1 aromatic heterocycles. The zero-order chi connectivity index (χ0) is 13.5. The lowest BCUT2D eigenvalue weighted by molar-refractivity contribution is 0.594. The van der Waals surface area contributed by atoms with E-state index >= 15 is 0 Å². The van der Waals surface area contributed by atoms with Crippen molar-refractivity contribution in [3.8, 4) is 11.3 Å². The van der Waals surface area contributed by atoms with Gasteiger partial charge in [0.1, 0.15) is 5.82 Å². The fourth-order valence-corrected chi connectivity index (χ4v) is 2.96. The summed E-state index contributed by atoms with van der Waals surface area (Å²) in [6.07, 6.45) is 4.40. The molecule has 3 rings (SSSR count). The number of halogens is 1. The zero-order valence-electron chi connectivity index (χ0n) is 11.3. The van der Waals surface area contributed by atoms with E-state index in [0.717, 1.165) is 22.5 Å². The number of H-pyrrole nitrogens is 1. The molecule has 1 fully saturated rings. The number of nitrogens with one attached hydrogen (secondary N) is 2. The fourth-order valence-electron chi connectivity index (χ4n) is 2.60. The minimum absolute atomic E-state index is 0.243. The predicted molar refractivity (Wildman–Crippen MR) is 81.3 cm³/mol. The van der Waals surface area contributed by atoms with Gasteiger partial charge in [0.15, 0.2) is 0 Å². The second kappa shape index (κ2) is 4.76. The van der Waals surface area contributed by atoms with Crippen LogP contribution >= 0.6 is 15.9 Å². The molecule has 0 unspecified atom stereocenters. The number of nitrogens with zero attached hydrogens (tertiary/aromatic N) is 1. The Kier molecular flexibility index (Phi) is 3.23. The molecule has 0 radical (unpaired) electrons. The van der Waals surface area contributed by atoms with Gasteiger partial charge in [-0.3, -0.25) is 0 Å². The van der Waals surface area contributed by atoms with Gasteiger partial charge in [-0.15, -0.1) is 0 Å². The number of aromatic amines is 1. The third kappa shape index (κ3) is 2.35. The van der Waals surface area contributed by atoms with Gasteiger partial charge in [0.05, 0.1) is 11.9 Å². The molecule has 2 aromatic rings. The van der Waals surface area contributed by atoms with Crippen molar-refractivity contribution in [2.24, 2.45) is 0 Å². The van der Waals surface area contributed by atoms with E-state index in [-0.39, 0.29) is 5.41 Å². The predicted octanol–water partition coefficient (Wildman–Crippen LogP) is 3.40. The van der Waals surface area contributed by atoms with E-state index in [4.69, 9.17) is 0 Å². The van der Waals surface area contributed by atoms with E-state index in [1.54, 1.807) is 0 Å². The summed E-state index contributed by atoms with van der Waals surface area (Å²) in [4.78, 5) is 8.12. The molecule has 1 heterocycles. The first-order valence-corrected chi connectivity index (χ1v) is 7.40. The molecule has 0 spiro atoms. The lowest BCUT2D eigenvalue weighted by Gasteiger charge is -2.11. The summed E-state index contributed by atoms with van der Waals surface area (Å²) in [5.41, 5.74) is 3.83. The van der Waals surface area contributed by atoms with Crippen molar-refractivity contribution in [3.63, 3.8) is 0 Å². The van der Waals surface area contributed by atoms with Crippen LogP contribution in [0.25, 0.3) is 11.3 Å². The lowest BCUT2D eigenvalue weighted by Crippen LogP contribution is -2.24. The van der Waals surface area contributed by atoms with E-state index in [2.05, 4.69) is 56.3 Å². The van der Waals surface area contributed by atoms with Crippen LogP contribution in [0.5, 0.6) is 0 Å². The summed E-state index contributed by atoms with van der Waals surface area (Å²) in [7, 11) is 2.00. The highest BCUT2D eigenvalue weighted by Gasteiger charge is 2.46. The molecular weight excluding hydrogens is 302 g/mol. The molecule has 1 aromatic carbocycles. The van der Waals surface area contributed by atoms with Crippen LogP contribution in [0.4, 0.5) is 0 Å². The van der Waals surface area contributed by atoms with Crippen molar-refractivity contribution in [2.45, 2.75) is 25.2 Å². The fraction of sp³-hybridized carbons (Fsp3) is 0.400. The maximum atomic E-state index is 4.61. The van der Waals surface area contributed by atoms with Gasteiger partial charge in [-0.05, 0) is 44.5 Å². The van der Waals surface area contributed by atoms with E-state index in [1.807, 2.05) is 13.2 Å². The van der Waals surface area contributed by atoms with Gasteiger partial charge >= 0.3 is 0 Å². The minimum Gasteiger partial charge on any atom is -0.341 e. The maximum absolute atomic E-state index is 4.61. The molecule has 2 N–H and O–H groups in total. The summed E-state index contributed by atoms with van der Waals surface area (Å²) in [6, 6.07) is 6.34. The Morgan fingerprint density at radius 1 is 1.42 bits per heavy atom. The Balaban J connectivity index is 1.95. The van der Waals surface area contributed by atoms with Crippen molar-refractivity contribution in [2.75, 3.05) is 13.6 Å². The molecule has 0 amide bonds. The van der Waals surface area contributed by atoms with E-state index in [0.29, 0.717) is 0 Å². The number of likely N-dealkylation sites (N-methyl/N-ethyl adjacent to an activating group) is 1. The van der Waals surface area contributed by atoms with Gasteiger partial charge in [-0.2, -0.15) is 0 Å². The molecular formula is C15H18BrN3. The van der Waals surface area contributed by atoms with Crippen LogP contribution in [0.1, 0.15) is 24.2 Å². The van der Waals surface area contributed by atoms with Crippen LogP contribution in [0.2, 0.25) is 0 Å². The summed E-state index contributed by atoms with van der Waals surface area (Å²) >= 11 is 3.53. The van der Waals surface area contributed by atoms with Crippen LogP contribution in [0, 0.1) is 6.92 Å². The number of aryl methyl sites for hydroxylation is 1. The smallest absolute Gasteiger partial charge is 0.114 e. The average Bonchev–Trinajstić information content (AvgIpc) is 3.01. The van der Waals surface area contributed by atoms with Crippen molar-refractivity contribution in [3.05, 3.63) is 40.3 Å². The number of hydrogen-bond acceptors (Lipinski definition) is 2. The SMILES string of the molecule is CNCC1(c2ncc(-c3cc(Br)ccc3C)[nH]2)CC1. The standard InChI is InChI=1S/C15H18BrN3/c1-10-3-4-11(16)7-12(10)13-8-18-14(19-13)15(5-6-15)9-17-2/h3-4,7-8,17H,5-6,9H2,1-2H3,(H,18,19). The second-order valence-electron chi connectivity index (χ2n) is 5.42. The highest BCUT2D eigenvalue weighted by Crippen LogP contribution is 2.46. The summed E-state index contributed by atoms with van der Waals surface area (Å²) in [6.45, 7) is 3.13. The zero-order valence-corrected chi connectivity index (χ0v) is 12.8. The lowest BCUT2D eigenvalue weighted by atomic mass is 10.1. The molecule has 0 bridgehead atoms. The Morgan fingerprint density at radius 2 is 2.21 bits per heavy atom. The first kappa shape index (κ1) is 12.9. The Morgan fingerprint density at radius 3 is 2.89 bits per heavy atom. The van der Waals surface area contributed by atoms with E-state index in [1.165, 1.54) is 24.0 Å². The minimum atomic E-state index is 0.243. The van der Waals surface area contributed by atoms with Crippen molar-refractivity contribution < 1.29 is 0 Å². The second-order valence-corrected chi connectivity index (χ2v) is 6.33. The molecule has 3 nitrogen and oxygen atoms in total. The largest absolute Gasteiger partial charge is 0.341 e. The third-order valence-corrected chi connectivity index (χ3v) is 4.43. The van der Waals surface area contributed by atoms with E-state index in [9.17, 15) is 0 Å². The van der Waals surface area contributed by atoms with Gasteiger partial charge in [0, 0.05) is 22.0 Å². The number of aromatic nitrogens is 2. The molecule has 4 heteroatoms. The molecule has 1 aliphatic carbocycles. The van der Waals surface area contributed by atoms with Gasteiger partial charge in [0.2, 0.25) is 0 Å². The molecule has 0 atom stereocenters. The van der Waals surface area contributed by atoms with Gasteiger partial charge < -0.3 is 10.3 Å². The van der Waals surface area contributed by atoms with Gasteiger partial charge in [0.25, 0.3) is 0 Å². The van der Waals surface area contributed by atoms with Crippen LogP contribution < -0.4 is 5.32 Å². The van der Waals surface area contributed by atoms with Gasteiger partial charge in [-0.25, -0.2) is 4.98 Å². The van der Waals surface area contributed by atoms with Crippen LogP contribution in [0.3, 0.4) is 0 Å². The Bertz CT molecular complexity index is 599. The average molecular weight is 320 g/mol. The number of rotatable bonds is 4. The van der Waals surface area contributed by atoms with Gasteiger partial charge in [-0.1, -0.05) is 22.0 Å². The first-order valence-electron chi connectivity index (χ1n) is 6.61. The topological polar surface area (TPSA) is 40.7 Å². The highest BCUT2D eigenvalue weighted by atomic mass is 79.9. The Hall–Kier alpha value is -1.13. The molecule has 19 heavy (non-hydrogen) atoms. The molecule has 1 saturated carbocycles. The quantitative estimate of drug-likeness (QED) is 0.906. The molecule has 100 valence electrons. The maximum Gasteiger partial charge on any atom is 0.114 e. The summed E-state index contributed by atoms with van der Waals surface area (Å²) in [5, 5.41) is 3.27. The third-order valence-electron chi connectivity index (χ3n) is 3.94. The normalized spacial score (nSPS) is 16.6. The summed E-state index contributed by atoms with van der Waals surface area (Å²) in [5.74, 6) is 1.12. The van der Waals surface area contributed by atoms with Crippen LogP contribution in [-0.4, -0.2) is 23.6 Å². The highest BCUT2D eigenvalue weighted by molar-refractivity contribution is 9.10. The van der Waals surface area contributed by atoms with Crippen LogP contribution in [0.15, 0.2) is 28.9 Å². The number of benzene rings is 1. The number of hydrogen-bond donors (Lipinski definition) is 2. The molecule has 0 aliphatic heterocycles. The molecule has 0 saturated heterocycles. The first-order chi connectivity index (χ1) is 9.14. The van der Waals surface area contributed by atoms with Crippen molar-refractivity contribution in [1.29, 1.82) is 0 Å². The number of imidazole rings is 1.